The molecule has 0 saturated heterocycles. The topological polar surface area (TPSA) is 92.8 Å². The number of ether oxygens (including phenoxy) is 1. The Kier molecular flexibility index (Phi) is 5.63. The van der Waals surface area contributed by atoms with Crippen LogP contribution in [0, 0.1) is 6.92 Å². The average Bonchev–Trinajstić information content (AvgIpc) is 3.29. The zero-order chi connectivity index (χ0) is 24.0. The number of aliphatic hydroxyl groups excluding tert-OH is 1. The highest BCUT2D eigenvalue weighted by Gasteiger charge is 2.22. The van der Waals surface area contributed by atoms with Gasteiger partial charge in [0.2, 0.25) is 0 Å². The second-order valence-electron chi connectivity index (χ2n) is 8.80. The van der Waals surface area contributed by atoms with Gasteiger partial charge < -0.3 is 24.4 Å². The molecule has 2 aromatic carbocycles. The Morgan fingerprint density at radius 1 is 1.12 bits per heavy atom. The quantitative estimate of drug-likeness (QED) is 0.445. The van der Waals surface area contributed by atoms with E-state index in [1.165, 1.54) is 10.2 Å². The third-order valence-electron chi connectivity index (χ3n) is 6.52. The van der Waals surface area contributed by atoms with E-state index in [4.69, 9.17) is 4.74 Å². The van der Waals surface area contributed by atoms with Gasteiger partial charge in [-0.3, -0.25) is 9.48 Å². The summed E-state index contributed by atoms with van der Waals surface area (Å²) in [5.74, 6) is 0.712. The lowest BCUT2D eigenvalue weighted by molar-refractivity contribution is -0.0534. The maximum absolute atomic E-state index is 12.6. The van der Waals surface area contributed by atoms with E-state index in [1.54, 1.807) is 24.9 Å². The Bertz CT molecular complexity index is 1440. The SMILES string of the molecule is COc1cc(N2CCCc3cc(-c4cnn(CC(O)O)c4)ccc32)c2cc(C)c(=O)n(C)c2c1. The molecule has 0 fully saturated rings. The van der Waals surface area contributed by atoms with Crippen molar-refractivity contribution in [2.75, 3.05) is 18.6 Å². The summed E-state index contributed by atoms with van der Waals surface area (Å²) >= 11 is 0. The van der Waals surface area contributed by atoms with Crippen molar-refractivity contribution in [3.63, 3.8) is 0 Å². The number of nitrogens with zero attached hydrogens (tertiary/aromatic N) is 4. The van der Waals surface area contributed by atoms with Crippen molar-refractivity contribution < 1.29 is 14.9 Å². The molecular weight excluding hydrogens is 432 g/mol. The van der Waals surface area contributed by atoms with Crippen molar-refractivity contribution in [3.8, 4) is 16.9 Å². The zero-order valence-electron chi connectivity index (χ0n) is 19.5. The minimum absolute atomic E-state index is 0.00958. The van der Waals surface area contributed by atoms with Crippen LogP contribution in [0.2, 0.25) is 0 Å². The lowest BCUT2D eigenvalue weighted by atomic mass is 9.96. The maximum Gasteiger partial charge on any atom is 0.253 e. The molecule has 0 amide bonds. The minimum atomic E-state index is -1.44. The number of methoxy groups -OCH3 is 1. The van der Waals surface area contributed by atoms with Gasteiger partial charge in [0.15, 0.2) is 6.29 Å². The summed E-state index contributed by atoms with van der Waals surface area (Å²) in [6.07, 6.45) is 4.08. The summed E-state index contributed by atoms with van der Waals surface area (Å²) in [6.45, 7) is 2.74. The lowest BCUT2D eigenvalue weighted by Gasteiger charge is -2.33. The van der Waals surface area contributed by atoms with Crippen LogP contribution in [0.25, 0.3) is 22.0 Å². The largest absolute Gasteiger partial charge is 0.497 e. The van der Waals surface area contributed by atoms with E-state index in [2.05, 4.69) is 28.2 Å². The average molecular weight is 461 g/mol. The molecule has 5 rings (SSSR count). The zero-order valence-corrected chi connectivity index (χ0v) is 19.5. The monoisotopic (exact) mass is 460 g/mol. The highest BCUT2D eigenvalue weighted by molar-refractivity contribution is 5.96. The molecule has 0 saturated carbocycles. The molecule has 0 unspecified atom stereocenters. The second kappa shape index (κ2) is 8.62. The van der Waals surface area contributed by atoms with Crippen LogP contribution in [0.3, 0.4) is 0 Å². The second-order valence-corrected chi connectivity index (χ2v) is 8.80. The van der Waals surface area contributed by atoms with Crippen molar-refractivity contribution in [1.82, 2.24) is 14.3 Å². The number of rotatable bonds is 5. The van der Waals surface area contributed by atoms with Crippen LogP contribution < -0.4 is 15.2 Å². The molecule has 34 heavy (non-hydrogen) atoms. The van der Waals surface area contributed by atoms with Crippen LogP contribution in [0.4, 0.5) is 11.4 Å². The molecule has 2 aromatic heterocycles. The molecule has 0 aliphatic carbocycles. The van der Waals surface area contributed by atoms with Crippen molar-refractivity contribution in [2.45, 2.75) is 32.6 Å². The number of fused-ring (bicyclic) bond motifs is 2. The van der Waals surface area contributed by atoms with E-state index < -0.39 is 6.29 Å². The van der Waals surface area contributed by atoms with E-state index in [-0.39, 0.29) is 12.1 Å². The summed E-state index contributed by atoms with van der Waals surface area (Å²) < 4.78 is 8.80. The highest BCUT2D eigenvalue weighted by Crippen LogP contribution is 2.40. The van der Waals surface area contributed by atoms with Crippen LogP contribution in [0.1, 0.15) is 17.5 Å². The van der Waals surface area contributed by atoms with Crippen molar-refractivity contribution >= 4 is 22.3 Å². The Morgan fingerprint density at radius 2 is 1.94 bits per heavy atom. The maximum atomic E-state index is 12.6. The molecule has 0 bridgehead atoms. The standard InChI is InChI=1S/C26H28N4O4/c1-16-9-21-23(28(2)26(16)33)11-20(34-3)12-24(21)30-8-4-5-18-10-17(6-7-22(18)30)19-13-27-29(14-19)15-25(31)32/h6-7,9-14,25,31-32H,4-5,8,15H2,1-3H3. The molecule has 3 heterocycles. The first-order valence-corrected chi connectivity index (χ1v) is 11.3. The van der Waals surface area contributed by atoms with E-state index in [0.717, 1.165) is 52.8 Å². The number of aliphatic hydroxyl groups is 2. The summed E-state index contributed by atoms with van der Waals surface area (Å²) in [7, 11) is 3.44. The van der Waals surface area contributed by atoms with Gasteiger partial charge in [-0.05, 0) is 49.1 Å². The van der Waals surface area contributed by atoms with Gasteiger partial charge in [0, 0.05) is 54.1 Å². The van der Waals surface area contributed by atoms with Gasteiger partial charge in [-0.2, -0.15) is 5.10 Å². The number of pyridine rings is 1. The molecule has 4 aromatic rings. The molecular formula is C26H28N4O4. The van der Waals surface area contributed by atoms with E-state index in [9.17, 15) is 15.0 Å². The van der Waals surface area contributed by atoms with Crippen molar-refractivity contribution in [3.05, 3.63) is 70.3 Å². The fourth-order valence-corrected chi connectivity index (χ4v) is 4.82. The Balaban J connectivity index is 1.60. The molecule has 1 aliphatic rings. The fourth-order valence-electron chi connectivity index (χ4n) is 4.82. The van der Waals surface area contributed by atoms with E-state index in [0.29, 0.717) is 11.3 Å². The Labute approximate surface area is 197 Å². The number of hydrogen-bond acceptors (Lipinski definition) is 6. The molecule has 8 heteroatoms. The Morgan fingerprint density at radius 3 is 2.71 bits per heavy atom. The van der Waals surface area contributed by atoms with Crippen molar-refractivity contribution in [2.24, 2.45) is 7.05 Å². The minimum Gasteiger partial charge on any atom is -0.497 e. The van der Waals surface area contributed by atoms with Gasteiger partial charge in [0.1, 0.15) is 5.75 Å². The summed E-state index contributed by atoms with van der Waals surface area (Å²) in [4.78, 5) is 14.9. The van der Waals surface area contributed by atoms with Crippen LogP contribution in [0.15, 0.2) is 53.6 Å². The predicted molar refractivity (Wildman–Crippen MR) is 132 cm³/mol. The smallest absolute Gasteiger partial charge is 0.253 e. The lowest BCUT2D eigenvalue weighted by Crippen LogP contribution is -2.26. The van der Waals surface area contributed by atoms with Crippen molar-refractivity contribution in [1.29, 1.82) is 0 Å². The number of hydrogen-bond donors (Lipinski definition) is 2. The normalized spacial score (nSPS) is 13.5. The Hall–Kier alpha value is -3.62. The molecule has 0 radical (unpaired) electrons. The van der Waals surface area contributed by atoms with Gasteiger partial charge in [-0.25, -0.2) is 0 Å². The van der Waals surface area contributed by atoms with Gasteiger partial charge >= 0.3 is 0 Å². The molecule has 8 nitrogen and oxygen atoms in total. The number of anilines is 2. The van der Waals surface area contributed by atoms with E-state index in [1.807, 2.05) is 31.3 Å². The van der Waals surface area contributed by atoms with Crippen LogP contribution in [-0.4, -0.2) is 44.5 Å². The third kappa shape index (κ3) is 3.85. The first-order valence-electron chi connectivity index (χ1n) is 11.3. The summed E-state index contributed by atoms with van der Waals surface area (Å²) in [5, 5.41) is 23.7. The molecule has 0 spiro atoms. The van der Waals surface area contributed by atoms with Gasteiger partial charge in [0.25, 0.3) is 5.56 Å². The van der Waals surface area contributed by atoms with Gasteiger partial charge in [-0.1, -0.05) is 6.07 Å². The van der Waals surface area contributed by atoms with Crippen LogP contribution in [0.5, 0.6) is 5.75 Å². The fraction of sp³-hybridized carbons (Fsp3) is 0.308. The highest BCUT2D eigenvalue weighted by atomic mass is 16.5. The third-order valence-corrected chi connectivity index (χ3v) is 6.52. The van der Waals surface area contributed by atoms with Gasteiger partial charge in [-0.15, -0.1) is 0 Å². The molecule has 176 valence electrons. The molecule has 2 N–H and O–H groups in total. The summed E-state index contributed by atoms with van der Waals surface area (Å²) in [6, 6.07) is 12.3. The molecule has 1 aliphatic heterocycles. The number of aromatic nitrogens is 3. The van der Waals surface area contributed by atoms with Gasteiger partial charge in [0.05, 0.1) is 31.1 Å². The molecule has 0 atom stereocenters. The van der Waals surface area contributed by atoms with Crippen LogP contribution >= 0.6 is 0 Å². The number of aryl methyl sites for hydroxylation is 3. The summed E-state index contributed by atoms with van der Waals surface area (Å²) in [5.41, 5.74) is 6.89. The van der Waals surface area contributed by atoms with Crippen LogP contribution in [-0.2, 0) is 20.0 Å². The first kappa shape index (κ1) is 22.2. The number of benzene rings is 2. The predicted octanol–water partition coefficient (Wildman–Crippen LogP) is 3.11. The van der Waals surface area contributed by atoms with E-state index >= 15 is 0 Å². The first-order chi connectivity index (χ1) is 16.4.